The second-order valence-electron chi connectivity index (χ2n) is 9.06. The van der Waals surface area contributed by atoms with Gasteiger partial charge in [0.15, 0.2) is 0 Å². The minimum absolute atomic E-state index is 0.102. The summed E-state index contributed by atoms with van der Waals surface area (Å²) in [6.07, 6.45) is 32.4. The molecular weight excluding hydrogens is 328 g/mol. The van der Waals surface area contributed by atoms with Gasteiger partial charge in [0.25, 0.3) is 0 Å². The molecule has 0 saturated carbocycles. The molecule has 1 N–H and O–H groups in total. The van der Waals surface area contributed by atoms with Crippen molar-refractivity contribution in [2.75, 3.05) is 0 Å². The Bertz CT molecular complexity index is 249. The molecule has 1 heteroatoms. The van der Waals surface area contributed by atoms with E-state index >= 15 is 0 Å². The normalized spacial score (nSPS) is 12.6. The van der Waals surface area contributed by atoms with E-state index in [2.05, 4.69) is 6.92 Å². The summed E-state index contributed by atoms with van der Waals surface area (Å²) in [7, 11) is 0. The maximum absolute atomic E-state index is 9.22. The number of hydrogen-bond donors (Lipinski definition) is 1. The lowest BCUT2D eigenvalue weighted by molar-refractivity contribution is 0.180. The summed E-state index contributed by atoms with van der Waals surface area (Å²) in [5, 5.41) is 9.22. The van der Waals surface area contributed by atoms with Gasteiger partial charge < -0.3 is 5.11 Å². The third kappa shape index (κ3) is 26.0. The molecule has 0 aliphatic heterocycles. The zero-order chi connectivity index (χ0) is 19.8. The minimum Gasteiger partial charge on any atom is -0.393 e. The standard InChI is InChI=1S/C26H54O/c1-3-4-5-6-7-8-9-10-11-12-13-14-15-16-17-18-19-20-21-22-23-24-25-26(2)27/h26-27H,3-25H2,1-2H3. The van der Waals surface area contributed by atoms with Gasteiger partial charge in [-0.1, -0.05) is 148 Å². The molecule has 0 spiro atoms. The molecule has 0 fully saturated rings. The Labute approximate surface area is 173 Å². The van der Waals surface area contributed by atoms with Crippen LogP contribution in [-0.2, 0) is 0 Å². The highest BCUT2D eigenvalue weighted by Crippen LogP contribution is 2.15. The van der Waals surface area contributed by atoms with E-state index in [1.54, 1.807) is 0 Å². The predicted octanol–water partition coefficient (Wildman–Crippen LogP) is 9.36. The minimum atomic E-state index is -0.102. The van der Waals surface area contributed by atoms with E-state index in [-0.39, 0.29) is 6.10 Å². The fourth-order valence-electron chi connectivity index (χ4n) is 4.05. The number of hydrogen-bond acceptors (Lipinski definition) is 1. The molecule has 0 aliphatic rings. The van der Waals surface area contributed by atoms with Crippen LogP contribution in [0.3, 0.4) is 0 Å². The van der Waals surface area contributed by atoms with Crippen molar-refractivity contribution in [1.82, 2.24) is 0 Å². The quantitative estimate of drug-likeness (QED) is 0.174. The van der Waals surface area contributed by atoms with Crippen LogP contribution in [0.4, 0.5) is 0 Å². The molecule has 0 aromatic rings. The molecule has 0 aliphatic carbocycles. The van der Waals surface area contributed by atoms with E-state index in [0.29, 0.717) is 0 Å². The van der Waals surface area contributed by atoms with E-state index in [1.807, 2.05) is 6.92 Å². The van der Waals surface area contributed by atoms with E-state index in [0.717, 1.165) is 6.42 Å². The lowest BCUT2D eigenvalue weighted by Crippen LogP contribution is -1.98. The summed E-state index contributed by atoms with van der Waals surface area (Å²) in [5.74, 6) is 0. The molecule has 0 radical (unpaired) electrons. The van der Waals surface area contributed by atoms with Gasteiger partial charge in [-0.3, -0.25) is 0 Å². The van der Waals surface area contributed by atoms with Crippen molar-refractivity contribution in [3.05, 3.63) is 0 Å². The molecule has 0 saturated heterocycles. The molecule has 27 heavy (non-hydrogen) atoms. The largest absolute Gasteiger partial charge is 0.393 e. The Balaban J connectivity index is 2.97. The van der Waals surface area contributed by atoms with E-state index in [9.17, 15) is 5.11 Å². The fraction of sp³-hybridized carbons (Fsp3) is 1.00. The van der Waals surface area contributed by atoms with Crippen LogP contribution < -0.4 is 0 Å². The Morgan fingerprint density at radius 3 is 0.852 bits per heavy atom. The van der Waals surface area contributed by atoms with Gasteiger partial charge >= 0.3 is 0 Å². The first kappa shape index (κ1) is 27.0. The number of rotatable bonds is 23. The highest BCUT2D eigenvalue weighted by Gasteiger charge is 1.97. The fourth-order valence-corrected chi connectivity index (χ4v) is 4.05. The lowest BCUT2D eigenvalue weighted by atomic mass is 10.0. The van der Waals surface area contributed by atoms with Gasteiger partial charge in [-0.05, 0) is 13.3 Å². The molecule has 0 rings (SSSR count). The molecule has 1 atom stereocenters. The van der Waals surface area contributed by atoms with Crippen molar-refractivity contribution in [3.63, 3.8) is 0 Å². The van der Waals surface area contributed by atoms with Crippen LogP contribution in [0.25, 0.3) is 0 Å². The van der Waals surface area contributed by atoms with Crippen LogP contribution in [0.1, 0.15) is 162 Å². The second-order valence-corrected chi connectivity index (χ2v) is 9.06. The first-order chi connectivity index (χ1) is 13.3. The summed E-state index contributed by atoms with van der Waals surface area (Å²) in [6, 6.07) is 0. The molecule has 0 bridgehead atoms. The highest BCUT2D eigenvalue weighted by molar-refractivity contribution is 4.52. The second kappa shape index (κ2) is 24.0. The first-order valence-electron chi connectivity index (χ1n) is 13.0. The average Bonchev–Trinajstić information content (AvgIpc) is 2.65. The van der Waals surface area contributed by atoms with Crippen LogP contribution in [0, 0.1) is 0 Å². The predicted molar refractivity (Wildman–Crippen MR) is 124 cm³/mol. The number of unbranched alkanes of at least 4 members (excludes halogenated alkanes) is 21. The monoisotopic (exact) mass is 382 g/mol. The van der Waals surface area contributed by atoms with Gasteiger partial charge in [0.05, 0.1) is 6.10 Å². The summed E-state index contributed by atoms with van der Waals surface area (Å²) >= 11 is 0. The molecular formula is C26H54O. The molecule has 0 aromatic carbocycles. The highest BCUT2D eigenvalue weighted by atomic mass is 16.3. The SMILES string of the molecule is CCCCCCCCCCCCCCCCCCCCCCCCC(C)O. The zero-order valence-electron chi connectivity index (χ0n) is 19.3. The Morgan fingerprint density at radius 2 is 0.630 bits per heavy atom. The third-order valence-corrected chi connectivity index (χ3v) is 5.98. The van der Waals surface area contributed by atoms with Crippen LogP contribution in [0.15, 0.2) is 0 Å². The van der Waals surface area contributed by atoms with Crippen LogP contribution in [0.2, 0.25) is 0 Å². The van der Waals surface area contributed by atoms with Gasteiger partial charge in [0.1, 0.15) is 0 Å². The van der Waals surface area contributed by atoms with Gasteiger partial charge in [-0.15, -0.1) is 0 Å². The number of aliphatic hydroxyl groups excluding tert-OH is 1. The maximum Gasteiger partial charge on any atom is 0.0512 e. The van der Waals surface area contributed by atoms with Crippen LogP contribution in [0.5, 0.6) is 0 Å². The van der Waals surface area contributed by atoms with Gasteiger partial charge in [0, 0.05) is 0 Å². The third-order valence-electron chi connectivity index (χ3n) is 5.98. The number of aliphatic hydroxyl groups is 1. The van der Waals surface area contributed by atoms with Crippen molar-refractivity contribution in [2.45, 2.75) is 168 Å². The van der Waals surface area contributed by atoms with Crippen LogP contribution >= 0.6 is 0 Å². The smallest absolute Gasteiger partial charge is 0.0512 e. The Kier molecular flexibility index (Phi) is 24.0. The molecule has 1 unspecified atom stereocenters. The van der Waals surface area contributed by atoms with E-state index in [4.69, 9.17) is 0 Å². The molecule has 1 nitrogen and oxygen atoms in total. The summed E-state index contributed by atoms with van der Waals surface area (Å²) in [6.45, 7) is 4.20. The van der Waals surface area contributed by atoms with E-state index in [1.165, 1.54) is 141 Å². The topological polar surface area (TPSA) is 20.2 Å². The van der Waals surface area contributed by atoms with Crippen molar-refractivity contribution in [3.8, 4) is 0 Å². The van der Waals surface area contributed by atoms with Crippen molar-refractivity contribution < 1.29 is 5.11 Å². The summed E-state index contributed by atoms with van der Waals surface area (Å²) in [4.78, 5) is 0. The Hall–Kier alpha value is -0.0400. The van der Waals surface area contributed by atoms with Crippen molar-refractivity contribution in [1.29, 1.82) is 0 Å². The molecule has 0 heterocycles. The molecule has 0 amide bonds. The van der Waals surface area contributed by atoms with Gasteiger partial charge in [0.2, 0.25) is 0 Å². The van der Waals surface area contributed by atoms with Crippen molar-refractivity contribution >= 4 is 0 Å². The Morgan fingerprint density at radius 1 is 0.407 bits per heavy atom. The van der Waals surface area contributed by atoms with Crippen molar-refractivity contribution in [2.24, 2.45) is 0 Å². The van der Waals surface area contributed by atoms with Gasteiger partial charge in [-0.25, -0.2) is 0 Å². The zero-order valence-corrected chi connectivity index (χ0v) is 19.3. The van der Waals surface area contributed by atoms with Crippen LogP contribution in [-0.4, -0.2) is 11.2 Å². The molecule has 164 valence electrons. The van der Waals surface area contributed by atoms with Gasteiger partial charge in [-0.2, -0.15) is 0 Å². The summed E-state index contributed by atoms with van der Waals surface area (Å²) in [5.41, 5.74) is 0. The maximum atomic E-state index is 9.22. The average molecular weight is 383 g/mol. The molecule has 0 aromatic heterocycles. The lowest BCUT2D eigenvalue weighted by Gasteiger charge is -2.05. The van der Waals surface area contributed by atoms with E-state index < -0.39 is 0 Å². The first-order valence-corrected chi connectivity index (χ1v) is 13.0. The summed E-state index contributed by atoms with van der Waals surface area (Å²) < 4.78 is 0.